The normalized spacial score (nSPS) is 11.4. The summed E-state index contributed by atoms with van der Waals surface area (Å²) in [6.07, 6.45) is 3.65. The molecule has 0 aliphatic heterocycles. The highest BCUT2D eigenvalue weighted by molar-refractivity contribution is 9.10. The Bertz CT molecular complexity index is 1230. The van der Waals surface area contributed by atoms with Crippen molar-refractivity contribution in [2.45, 2.75) is 33.1 Å². The quantitative estimate of drug-likeness (QED) is 0.233. The number of nitro groups is 1. The molecule has 8 nitrogen and oxygen atoms in total. The van der Waals surface area contributed by atoms with E-state index in [1.807, 2.05) is 13.0 Å². The summed E-state index contributed by atoms with van der Waals surface area (Å²) in [5.74, 6) is 0.549. The lowest BCUT2D eigenvalue weighted by Gasteiger charge is -2.10. The third-order valence-electron chi connectivity index (χ3n) is 4.49. The number of unbranched alkanes of at least 4 members (excludes halogenated alkanes) is 1. The molecule has 0 saturated heterocycles. The van der Waals surface area contributed by atoms with Crippen LogP contribution in [-0.2, 0) is 6.42 Å². The number of fused-ring (bicyclic) bond motifs is 1. The van der Waals surface area contributed by atoms with Gasteiger partial charge in [0.1, 0.15) is 5.82 Å². The van der Waals surface area contributed by atoms with Crippen LogP contribution >= 0.6 is 27.5 Å². The van der Waals surface area contributed by atoms with Gasteiger partial charge in [-0.25, -0.2) is 4.98 Å². The second-order valence-electron chi connectivity index (χ2n) is 6.69. The molecule has 0 aliphatic rings. The first kappa shape index (κ1) is 22.9. The van der Waals surface area contributed by atoms with Gasteiger partial charge in [0.2, 0.25) is 5.75 Å². The molecule has 0 fully saturated rings. The molecule has 0 radical (unpaired) electrons. The average Bonchev–Trinajstić information content (AvgIpc) is 2.73. The van der Waals surface area contributed by atoms with Crippen LogP contribution in [0.5, 0.6) is 5.75 Å². The number of nitro benzene ring substituents is 1. The van der Waals surface area contributed by atoms with Gasteiger partial charge in [0.05, 0.1) is 28.6 Å². The Hall–Kier alpha value is -2.78. The molecular weight excluding hydrogens is 488 g/mol. The summed E-state index contributed by atoms with van der Waals surface area (Å²) in [4.78, 5) is 28.6. The van der Waals surface area contributed by atoms with Crippen LogP contribution in [0.4, 0.5) is 5.69 Å². The van der Waals surface area contributed by atoms with E-state index in [2.05, 4.69) is 26.0 Å². The Morgan fingerprint density at radius 3 is 2.77 bits per heavy atom. The minimum absolute atomic E-state index is 0.0419. The number of hydrogen-bond donors (Lipinski definition) is 0. The Balaban J connectivity index is 2.19. The first-order chi connectivity index (χ1) is 14.8. The molecule has 2 aromatic carbocycles. The predicted octanol–water partition coefficient (Wildman–Crippen LogP) is 5.34. The number of halogens is 2. The summed E-state index contributed by atoms with van der Waals surface area (Å²) in [6.45, 7) is 3.98. The van der Waals surface area contributed by atoms with Crippen molar-refractivity contribution in [2.75, 3.05) is 6.61 Å². The molecule has 0 amide bonds. The van der Waals surface area contributed by atoms with Gasteiger partial charge in [-0.05, 0) is 37.6 Å². The van der Waals surface area contributed by atoms with E-state index < -0.39 is 4.92 Å². The van der Waals surface area contributed by atoms with E-state index in [0.29, 0.717) is 28.7 Å². The van der Waals surface area contributed by atoms with Gasteiger partial charge in [-0.2, -0.15) is 9.78 Å². The Morgan fingerprint density at radius 2 is 2.10 bits per heavy atom. The largest absolute Gasteiger partial charge is 0.487 e. The molecule has 1 aromatic heterocycles. The summed E-state index contributed by atoms with van der Waals surface area (Å²) >= 11 is 9.44. The molecule has 0 unspecified atom stereocenters. The lowest BCUT2D eigenvalue weighted by Crippen LogP contribution is -2.22. The monoisotopic (exact) mass is 506 g/mol. The molecule has 1 heterocycles. The topological polar surface area (TPSA) is 99.6 Å². The fraction of sp³-hybridized carbons (Fsp3) is 0.286. The molecule has 0 saturated carbocycles. The molecule has 0 bridgehead atoms. The van der Waals surface area contributed by atoms with Crippen LogP contribution in [0, 0.1) is 10.1 Å². The number of rotatable bonds is 8. The maximum atomic E-state index is 13.2. The van der Waals surface area contributed by atoms with Crippen LogP contribution in [0.3, 0.4) is 0 Å². The van der Waals surface area contributed by atoms with Crippen LogP contribution in [0.1, 0.15) is 38.1 Å². The summed E-state index contributed by atoms with van der Waals surface area (Å²) in [6, 6.07) is 8.02. The molecule has 0 N–H and O–H groups in total. The van der Waals surface area contributed by atoms with E-state index in [-0.39, 0.29) is 28.6 Å². The number of aryl methyl sites for hydroxylation is 1. The van der Waals surface area contributed by atoms with Crippen molar-refractivity contribution in [1.29, 1.82) is 0 Å². The fourth-order valence-electron chi connectivity index (χ4n) is 3.06. The van der Waals surface area contributed by atoms with Crippen molar-refractivity contribution in [2.24, 2.45) is 5.10 Å². The third kappa shape index (κ3) is 5.11. The van der Waals surface area contributed by atoms with Gasteiger partial charge in [0, 0.05) is 27.5 Å². The number of hydrogen-bond acceptors (Lipinski definition) is 6. The van der Waals surface area contributed by atoms with Gasteiger partial charge >= 0.3 is 5.69 Å². The van der Waals surface area contributed by atoms with Crippen molar-refractivity contribution in [3.8, 4) is 5.75 Å². The second kappa shape index (κ2) is 10.0. The Kier molecular flexibility index (Phi) is 7.40. The zero-order valence-corrected chi connectivity index (χ0v) is 19.3. The van der Waals surface area contributed by atoms with Gasteiger partial charge < -0.3 is 4.74 Å². The lowest BCUT2D eigenvalue weighted by molar-refractivity contribution is -0.385. The van der Waals surface area contributed by atoms with Gasteiger partial charge in [0.15, 0.2) is 0 Å². The minimum atomic E-state index is -0.567. The van der Waals surface area contributed by atoms with E-state index in [1.54, 1.807) is 19.1 Å². The highest BCUT2D eigenvalue weighted by Crippen LogP contribution is 2.33. The van der Waals surface area contributed by atoms with Crippen LogP contribution in [-0.4, -0.2) is 27.4 Å². The van der Waals surface area contributed by atoms with Crippen molar-refractivity contribution in [3.63, 3.8) is 0 Å². The predicted molar refractivity (Wildman–Crippen MR) is 125 cm³/mol. The minimum Gasteiger partial charge on any atom is -0.487 e. The molecule has 162 valence electrons. The molecule has 0 atom stereocenters. The Labute approximate surface area is 191 Å². The van der Waals surface area contributed by atoms with Crippen molar-refractivity contribution in [1.82, 2.24) is 9.66 Å². The van der Waals surface area contributed by atoms with Crippen LogP contribution < -0.4 is 10.3 Å². The first-order valence-electron chi connectivity index (χ1n) is 9.72. The third-order valence-corrected chi connectivity index (χ3v) is 5.20. The molecule has 31 heavy (non-hydrogen) atoms. The summed E-state index contributed by atoms with van der Waals surface area (Å²) in [5.41, 5.74) is 0.279. The molecule has 0 aliphatic carbocycles. The first-order valence-corrected chi connectivity index (χ1v) is 10.9. The average molecular weight is 508 g/mol. The number of nitrogens with zero attached hydrogens (tertiary/aromatic N) is 4. The molecule has 0 spiro atoms. The number of aromatic nitrogens is 2. The fourth-order valence-corrected chi connectivity index (χ4v) is 3.65. The summed E-state index contributed by atoms with van der Waals surface area (Å²) < 4.78 is 7.46. The van der Waals surface area contributed by atoms with Crippen molar-refractivity contribution < 1.29 is 9.66 Å². The molecule has 3 aromatic rings. The smallest absolute Gasteiger partial charge is 0.313 e. The lowest BCUT2D eigenvalue weighted by atomic mass is 10.2. The maximum Gasteiger partial charge on any atom is 0.313 e. The van der Waals surface area contributed by atoms with Crippen LogP contribution in [0.2, 0.25) is 5.02 Å². The van der Waals surface area contributed by atoms with E-state index >= 15 is 0 Å². The van der Waals surface area contributed by atoms with Crippen LogP contribution in [0.15, 0.2) is 44.7 Å². The zero-order chi connectivity index (χ0) is 22.5. The standard InChI is InChI=1S/C21H20BrClN4O4/c1-3-5-6-19-25-17-8-7-14(22)10-16(17)21(28)26(19)24-12-13-9-15(23)11-18(27(29)30)20(13)31-4-2/h7-12H,3-6H2,1-2H3. The second-order valence-corrected chi connectivity index (χ2v) is 8.04. The Morgan fingerprint density at radius 1 is 1.32 bits per heavy atom. The highest BCUT2D eigenvalue weighted by Gasteiger charge is 2.20. The van der Waals surface area contributed by atoms with Crippen LogP contribution in [0.25, 0.3) is 10.9 Å². The van der Waals surface area contributed by atoms with Crippen molar-refractivity contribution >= 4 is 50.3 Å². The maximum absolute atomic E-state index is 13.2. The van der Waals surface area contributed by atoms with Gasteiger partial charge in [0.25, 0.3) is 5.56 Å². The highest BCUT2D eigenvalue weighted by atomic mass is 79.9. The van der Waals surface area contributed by atoms with Gasteiger partial charge in [-0.1, -0.05) is 40.9 Å². The zero-order valence-electron chi connectivity index (χ0n) is 17.0. The SMILES string of the molecule is CCCCc1nc2ccc(Br)cc2c(=O)n1N=Cc1cc(Cl)cc([N+](=O)[O-])c1OCC. The summed E-state index contributed by atoms with van der Waals surface area (Å²) in [5, 5.41) is 16.3. The van der Waals surface area contributed by atoms with E-state index in [9.17, 15) is 14.9 Å². The summed E-state index contributed by atoms with van der Waals surface area (Å²) in [7, 11) is 0. The van der Waals surface area contributed by atoms with Gasteiger partial charge in [-0.15, -0.1) is 0 Å². The molecular formula is C21H20BrClN4O4. The van der Waals surface area contributed by atoms with Crippen molar-refractivity contribution in [3.05, 3.63) is 71.7 Å². The van der Waals surface area contributed by atoms with E-state index in [0.717, 1.165) is 17.3 Å². The number of ether oxygens (including phenoxy) is 1. The molecule has 3 rings (SSSR count). The van der Waals surface area contributed by atoms with E-state index in [1.165, 1.54) is 23.0 Å². The number of benzene rings is 2. The van der Waals surface area contributed by atoms with Gasteiger partial charge in [-0.3, -0.25) is 14.9 Å². The molecule has 10 heteroatoms. The van der Waals surface area contributed by atoms with E-state index in [4.69, 9.17) is 16.3 Å².